The first-order chi connectivity index (χ1) is 8.63. The molecular formula is C13H25N3O2. The van der Waals surface area contributed by atoms with E-state index in [9.17, 15) is 9.59 Å². The zero-order chi connectivity index (χ0) is 13.4. The van der Waals surface area contributed by atoms with Gasteiger partial charge in [-0.15, -0.1) is 0 Å². The van der Waals surface area contributed by atoms with Gasteiger partial charge in [-0.3, -0.25) is 9.59 Å². The Morgan fingerprint density at radius 3 is 2.39 bits per heavy atom. The van der Waals surface area contributed by atoms with Gasteiger partial charge in [0.05, 0.1) is 0 Å². The van der Waals surface area contributed by atoms with Crippen LogP contribution in [0.1, 0.15) is 45.4 Å². The monoisotopic (exact) mass is 255 g/mol. The van der Waals surface area contributed by atoms with E-state index in [1.54, 1.807) is 0 Å². The Bertz CT molecular complexity index is 273. The minimum absolute atomic E-state index is 0.00261. The van der Waals surface area contributed by atoms with Gasteiger partial charge >= 0.3 is 0 Å². The van der Waals surface area contributed by atoms with E-state index in [0.717, 1.165) is 32.1 Å². The van der Waals surface area contributed by atoms with Gasteiger partial charge in [-0.2, -0.15) is 0 Å². The van der Waals surface area contributed by atoms with Gasteiger partial charge in [-0.1, -0.05) is 6.92 Å². The van der Waals surface area contributed by atoms with Gasteiger partial charge < -0.3 is 16.4 Å². The largest absolute Gasteiger partial charge is 0.356 e. The molecular weight excluding hydrogens is 230 g/mol. The van der Waals surface area contributed by atoms with Crippen LogP contribution in [0, 0.1) is 5.92 Å². The molecule has 18 heavy (non-hydrogen) atoms. The lowest BCUT2D eigenvalue weighted by Gasteiger charge is -2.25. The minimum Gasteiger partial charge on any atom is -0.356 e. The van der Waals surface area contributed by atoms with Crippen LogP contribution in [0.15, 0.2) is 0 Å². The van der Waals surface area contributed by atoms with Gasteiger partial charge in [0.2, 0.25) is 11.8 Å². The van der Waals surface area contributed by atoms with E-state index in [4.69, 9.17) is 5.73 Å². The molecule has 0 saturated heterocycles. The molecule has 5 nitrogen and oxygen atoms in total. The molecule has 5 heteroatoms. The van der Waals surface area contributed by atoms with E-state index < -0.39 is 0 Å². The molecule has 4 N–H and O–H groups in total. The van der Waals surface area contributed by atoms with E-state index in [2.05, 4.69) is 10.6 Å². The van der Waals surface area contributed by atoms with Crippen molar-refractivity contribution in [1.29, 1.82) is 0 Å². The number of carbonyl (C=O) groups is 2. The third-order valence-electron chi connectivity index (χ3n) is 3.37. The van der Waals surface area contributed by atoms with Crippen LogP contribution < -0.4 is 16.4 Å². The van der Waals surface area contributed by atoms with Gasteiger partial charge in [0.1, 0.15) is 0 Å². The Hall–Kier alpha value is -1.10. The predicted molar refractivity (Wildman–Crippen MR) is 70.9 cm³/mol. The number of nitrogens with one attached hydrogen (secondary N) is 2. The summed E-state index contributed by atoms with van der Waals surface area (Å²) in [7, 11) is 0. The molecule has 1 rings (SSSR count). The summed E-state index contributed by atoms with van der Waals surface area (Å²) >= 11 is 0. The van der Waals surface area contributed by atoms with Gasteiger partial charge in [0.15, 0.2) is 0 Å². The third-order valence-corrected chi connectivity index (χ3v) is 3.37. The van der Waals surface area contributed by atoms with Crippen molar-refractivity contribution in [1.82, 2.24) is 10.6 Å². The molecule has 0 spiro atoms. The van der Waals surface area contributed by atoms with Crippen molar-refractivity contribution in [2.45, 2.75) is 51.5 Å². The minimum atomic E-state index is 0.00261. The van der Waals surface area contributed by atoms with Crippen molar-refractivity contribution < 1.29 is 9.59 Å². The van der Waals surface area contributed by atoms with Gasteiger partial charge in [-0.05, 0) is 32.1 Å². The molecule has 104 valence electrons. The first-order valence-corrected chi connectivity index (χ1v) is 6.93. The quantitative estimate of drug-likeness (QED) is 0.647. The van der Waals surface area contributed by atoms with Crippen LogP contribution in [0.5, 0.6) is 0 Å². The molecule has 0 aromatic rings. The SMILES string of the molecule is CCCNC(=O)CCNC(=O)C1CCC(N)CC1. The Morgan fingerprint density at radius 1 is 1.11 bits per heavy atom. The molecule has 1 aliphatic carbocycles. The Morgan fingerprint density at radius 2 is 1.78 bits per heavy atom. The van der Waals surface area contributed by atoms with Crippen LogP contribution in [0.2, 0.25) is 0 Å². The summed E-state index contributed by atoms with van der Waals surface area (Å²) in [5.41, 5.74) is 5.80. The van der Waals surface area contributed by atoms with Crippen molar-refractivity contribution in [2.75, 3.05) is 13.1 Å². The smallest absolute Gasteiger partial charge is 0.223 e. The fraction of sp³-hybridized carbons (Fsp3) is 0.846. The Kier molecular flexibility index (Phi) is 6.72. The van der Waals surface area contributed by atoms with Gasteiger partial charge in [0.25, 0.3) is 0 Å². The lowest BCUT2D eigenvalue weighted by molar-refractivity contribution is -0.126. The number of rotatable bonds is 6. The molecule has 0 radical (unpaired) electrons. The molecule has 1 fully saturated rings. The number of nitrogens with two attached hydrogens (primary N) is 1. The third kappa shape index (κ3) is 5.49. The molecule has 0 bridgehead atoms. The summed E-state index contributed by atoms with van der Waals surface area (Å²) in [5.74, 6) is 0.163. The first kappa shape index (κ1) is 15.0. The second-order valence-corrected chi connectivity index (χ2v) is 5.00. The zero-order valence-electron chi connectivity index (χ0n) is 11.2. The molecule has 1 aliphatic rings. The van der Waals surface area contributed by atoms with Crippen LogP contribution in [0.25, 0.3) is 0 Å². The maximum absolute atomic E-state index is 11.8. The summed E-state index contributed by atoms with van der Waals surface area (Å²) < 4.78 is 0. The first-order valence-electron chi connectivity index (χ1n) is 6.93. The second-order valence-electron chi connectivity index (χ2n) is 5.00. The van der Waals surface area contributed by atoms with Gasteiger partial charge in [0, 0.05) is 31.5 Å². The van der Waals surface area contributed by atoms with E-state index in [-0.39, 0.29) is 23.8 Å². The van der Waals surface area contributed by atoms with Crippen LogP contribution in [0.4, 0.5) is 0 Å². The number of carbonyl (C=O) groups excluding carboxylic acids is 2. The number of amides is 2. The lowest BCUT2D eigenvalue weighted by atomic mass is 9.86. The van der Waals surface area contributed by atoms with Gasteiger partial charge in [-0.25, -0.2) is 0 Å². The molecule has 0 aliphatic heterocycles. The fourth-order valence-corrected chi connectivity index (χ4v) is 2.18. The summed E-state index contributed by atoms with van der Waals surface area (Å²) in [6.45, 7) is 3.14. The van der Waals surface area contributed by atoms with Crippen molar-refractivity contribution in [3.8, 4) is 0 Å². The number of hydrogen-bond acceptors (Lipinski definition) is 3. The topological polar surface area (TPSA) is 84.2 Å². The summed E-state index contributed by atoms with van der Waals surface area (Å²) in [6.07, 6.45) is 4.88. The highest BCUT2D eigenvalue weighted by molar-refractivity contribution is 5.80. The molecule has 0 atom stereocenters. The second kappa shape index (κ2) is 8.08. The summed E-state index contributed by atoms with van der Waals surface area (Å²) in [6, 6.07) is 0.258. The average Bonchev–Trinajstić information content (AvgIpc) is 2.37. The van der Waals surface area contributed by atoms with Crippen LogP contribution in [-0.2, 0) is 9.59 Å². The molecule has 2 amide bonds. The molecule has 1 saturated carbocycles. The molecule has 0 heterocycles. The summed E-state index contributed by atoms with van der Waals surface area (Å²) in [5, 5.41) is 5.62. The van der Waals surface area contributed by atoms with Crippen LogP contribution >= 0.6 is 0 Å². The maximum Gasteiger partial charge on any atom is 0.223 e. The average molecular weight is 255 g/mol. The normalized spacial score (nSPS) is 23.4. The van der Waals surface area contributed by atoms with E-state index in [0.29, 0.717) is 19.5 Å². The van der Waals surface area contributed by atoms with Crippen molar-refractivity contribution in [3.63, 3.8) is 0 Å². The van der Waals surface area contributed by atoms with E-state index >= 15 is 0 Å². The van der Waals surface area contributed by atoms with Crippen molar-refractivity contribution in [3.05, 3.63) is 0 Å². The Balaban J connectivity index is 2.11. The maximum atomic E-state index is 11.8. The highest BCUT2D eigenvalue weighted by atomic mass is 16.2. The molecule has 0 unspecified atom stereocenters. The lowest BCUT2D eigenvalue weighted by Crippen LogP contribution is -2.38. The van der Waals surface area contributed by atoms with E-state index in [1.807, 2.05) is 6.92 Å². The van der Waals surface area contributed by atoms with Crippen molar-refractivity contribution >= 4 is 11.8 Å². The number of hydrogen-bond donors (Lipinski definition) is 3. The Labute approximate surface area is 109 Å². The highest BCUT2D eigenvalue weighted by Gasteiger charge is 2.24. The van der Waals surface area contributed by atoms with Crippen LogP contribution in [0.3, 0.4) is 0 Å². The fourth-order valence-electron chi connectivity index (χ4n) is 2.18. The van der Waals surface area contributed by atoms with Crippen LogP contribution in [-0.4, -0.2) is 30.9 Å². The highest BCUT2D eigenvalue weighted by Crippen LogP contribution is 2.22. The van der Waals surface area contributed by atoms with E-state index in [1.165, 1.54) is 0 Å². The standard InChI is InChI=1S/C13H25N3O2/c1-2-8-15-12(17)7-9-16-13(18)10-3-5-11(14)6-4-10/h10-11H,2-9,14H2,1H3,(H,15,17)(H,16,18). The van der Waals surface area contributed by atoms with Crippen molar-refractivity contribution in [2.24, 2.45) is 11.7 Å². The molecule has 0 aromatic heterocycles. The summed E-state index contributed by atoms with van der Waals surface area (Å²) in [4.78, 5) is 23.1. The zero-order valence-corrected chi connectivity index (χ0v) is 11.2. The predicted octanol–water partition coefficient (Wildman–Crippen LogP) is 0.536. The molecule has 0 aromatic carbocycles.